The number of aryl methyl sites for hydroxylation is 1. The maximum absolute atomic E-state index is 6.33. The molecule has 2 heteroatoms. The van der Waals surface area contributed by atoms with Crippen LogP contribution in [0.5, 0.6) is 0 Å². The van der Waals surface area contributed by atoms with Gasteiger partial charge in [-0.05, 0) is 71.3 Å². The molecule has 0 aliphatic rings. The Labute approximate surface area is 228 Å². The van der Waals surface area contributed by atoms with Gasteiger partial charge in [-0.25, -0.2) is 0 Å². The van der Waals surface area contributed by atoms with Gasteiger partial charge in [0.2, 0.25) is 0 Å². The van der Waals surface area contributed by atoms with Crippen LogP contribution in [-0.4, -0.2) is 0 Å². The van der Waals surface area contributed by atoms with Crippen molar-refractivity contribution in [1.29, 1.82) is 0 Å². The van der Waals surface area contributed by atoms with Crippen molar-refractivity contribution in [2.45, 2.75) is 6.92 Å². The Hall–Kier alpha value is -5.08. The van der Waals surface area contributed by atoms with Gasteiger partial charge in [0.1, 0.15) is 11.3 Å². The number of furan rings is 1. The second kappa shape index (κ2) is 9.66. The van der Waals surface area contributed by atoms with E-state index in [9.17, 15) is 0 Å². The lowest BCUT2D eigenvalue weighted by Crippen LogP contribution is -2.10. The molecule has 0 fully saturated rings. The fraction of sp³-hybridized carbons (Fsp3) is 0.0270. The van der Waals surface area contributed by atoms with Crippen LogP contribution >= 0.6 is 0 Å². The van der Waals surface area contributed by atoms with Crippen molar-refractivity contribution in [3.05, 3.63) is 151 Å². The molecule has 7 aromatic rings. The minimum absolute atomic E-state index is 0.913. The van der Waals surface area contributed by atoms with E-state index in [-0.39, 0.29) is 0 Å². The molecule has 39 heavy (non-hydrogen) atoms. The molecule has 0 N–H and O–H groups in total. The molecule has 0 saturated carbocycles. The maximum atomic E-state index is 6.33. The zero-order valence-corrected chi connectivity index (χ0v) is 21.7. The van der Waals surface area contributed by atoms with E-state index in [1.54, 1.807) is 0 Å². The molecule has 186 valence electrons. The van der Waals surface area contributed by atoms with Crippen molar-refractivity contribution in [3.63, 3.8) is 0 Å². The van der Waals surface area contributed by atoms with E-state index >= 15 is 0 Å². The Kier molecular flexibility index (Phi) is 5.71. The van der Waals surface area contributed by atoms with Gasteiger partial charge in [-0.1, -0.05) is 103 Å². The molecule has 0 saturated heterocycles. The second-order valence-corrected chi connectivity index (χ2v) is 9.88. The van der Waals surface area contributed by atoms with Crippen LogP contribution in [0.2, 0.25) is 0 Å². The summed E-state index contributed by atoms with van der Waals surface area (Å²) in [6.45, 7) is 2.14. The van der Waals surface area contributed by atoms with Crippen LogP contribution in [0.15, 0.2) is 150 Å². The predicted octanol–water partition coefficient (Wildman–Crippen LogP) is 10.7. The summed E-state index contributed by atoms with van der Waals surface area (Å²) in [4.78, 5) is 2.32. The van der Waals surface area contributed by atoms with E-state index in [0.717, 1.165) is 44.9 Å². The fourth-order valence-electron chi connectivity index (χ4n) is 5.43. The molecule has 2 nitrogen and oxygen atoms in total. The number of fused-ring (bicyclic) bond motifs is 2. The van der Waals surface area contributed by atoms with Crippen molar-refractivity contribution in [2.75, 3.05) is 4.90 Å². The first-order valence-electron chi connectivity index (χ1n) is 13.3. The molecule has 6 aromatic carbocycles. The van der Waals surface area contributed by atoms with Crippen LogP contribution in [0.3, 0.4) is 0 Å². The van der Waals surface area contributed by atoms with Crippen LogP contribution in [0.25, 0.3) is 44.2 Å². The standard InChI is InChI=1S/C37H27NO/c1-26-35-16-7-8-17-36(35)39-37(26)31-14-9-15-33(25-31)38(34-23-20-28-12-5-6-13-30(28)24-34)32-21-18-29(19-22-32)27-10-3-2-4-11-27/h2-25H,1H3. The van der Waals surface area contributed by atoms with Crippen LogP contribution in [0.1, 0.15) is 5.56 Å². The lowest BCUT2D eigenvalue weighted by atomic mass is 10.0. The first-order valence-corrected chi connectivity index (χ1v) is 13.3. The summed E-state index contributed by atoms with van der Waals surface area (Å²) in [5.41, 5.74) is 8.84. The molecule has 7 rings (SSSR count). The van der Waals surface area contributed by atoms with Crippen LogP contribution in [0.4, 0.5) is 17.1 Å². The van der Waals surface area contributed by atoms with Gasteiger partial charge in [0.25, 0.3) is 0 Å². The number of anilines is 3. The Balaban J connectivity index is 1.37. The first kappa shape index (κ1) is 23.1. The number of hydrogen-bond acceptors (Lipinski definition) is 2. The molecule has 0 aliphatic carbocycles. The third kappa shape index (κ3) is 4.26. The monoisotopic (exact) mass is 501 g/mol. The molecular weight excluding hydrogens is 474 g/mol. The van der Waals surface area contributed by atoms with Crippen molar-refractivity contribution >= 4 is 38.8 Å². The highest BCUT2D eigenvalue weighted by Gasteiger charge is 2.17. The molecule has 0 aliphatic heterocycles. The molecule has 0 bridgehead atoms. The van der Waals surface area contributed by atoms with Gasteiger partial charge in [-0.2, -0.15) is 0 Å². The number of benzene rings is 6. The van der Waals surface area contributed by atoms with E-state index in [1.165, 1.54) is 21.9 Å². The molecule has 0 amide bonds. The normalized spacial score (nSPS) is 11.2. The second-order valence-electron chi connectivity index (χ2n) is 9.88. The lowest BCUT2D eigenvalue weighted by Gasteiger charge is -2.26. The van der Waals surface area contributed by atoms with Gasteiger partial charge in [-0.3, -0.25) is 0 Å². The number of nitrogens with zero attached hydrogens (tertiary/aromatic N) is 1. The SMILES string of the molecule is Cc1c(-c2cccc(N(c3ccc(-c4ccccc4)cc3)c3ccc4ccccc4c3)c2)oc2ccccc12. The van der Waals surface area contributed by atoms with Crippen molar-refractivity contribution in [1.82, 2.24) is 0 Å². The Morgan fingerprint density at radius 2 is 1.10 bits per heavy atom. The van der Waals surface area contributed by atoms with Gasteiger partial charge >= 0.3 is 0 Å². The largest absolute Gasteiger partial charge is 0.456 e. The highest BCUT2D eigenvalue weighted by atomic mass is 16.3. The average Bonchev–Trinajstić information content (AvgIpc) is 3.34. The van der Waals surface area contributed by atoms with Gasteiger partial charge in [0, 0.05) is 33.6 Å². The molecule has 1 aromatic heterocycles. The lowest BCUT2D eigenvalue weighted by molar-refractivity contribution is 0.629. The van der Waals surface area contributed by atoms with E-state index in [4.69, 9.17) is 4.42 Å². The average molecular weight is 502 g/mol. The van der Waals surface area contributed by atoms with E-state index in [1.807, 2.05) is 12.1 Å². The topological polar surface area (TPSA) is 16.4 Å². The zero-order chi connectivity index (χ0) is 26.2. The number of hydrogen-bond donors (Lipinski definition) is 0. The predicted molar refractivity (Wildman–Crippen MR) is 164 cm³/mol. The quantitative estimate of drug-likeness (QED) is 0.233. The third-order valence-electron chi connectivity index (χ3n) is 7.43. The highest BCUT2D eigenvalue weighted by Crippen LogP contribution is 2.40. The number of para-hydroxylation sites is 1. The molecular formula is C37H27NO. The molecule has 0 atom stereocenters. The van der Waals surface area contributed by atoms with E-state index < -0.39 is 0 Å². The number of rotatable bonds is 5. The summed E-state index contributed by atoms with van der Waals surface area (Å²) in [7, 11) is 0. The van der Waals surface area contributed by atoms with E-state index in [0.29, 0.717) is 0 Å². The summed E-state index contributed by atoms with van der Waals surface area (Å²) in [6.07, 6.45) is 0. The minimum atomic E-state index is 0.913. The summed E-state index contributed by atoms with van der Waals surface area (Å²) in [5, 5.41) is 3.60. The van der Waals surface area contributed by atoms with Crippen molar-refractivity contribution in [3.8, 4) is 22.5 Å². The van der Waals surface area contributed by atoms with E-state index in [2.05, 4.69) is 145 Å². The Morgan fingerprint density at radius 1 is 0.462 bits per heavy atom. The van der Waals surface area contributed by atoms with Gasteiger partial charge in [-0.15, -0.1) is 0 Å². The summed E-state index contributed by atoms with van der Waals surface area (Å²) in [5.74, 6) is 0.913. The molecule has 0 spiro atoms. The van der Waals surface area contributed by atoms with Gasteiger partial charge in [0.15, 0.2) is 0 Å². The van der Waals surface area contributed by atoms with Crippen LogP contribution in [-0.2, 0) is 0 Å². The Bertz CT molecular complexity index is 1920. The highest BCUT2D eigenvalue weighted by molar-refractivity contribution is 5.91. The summed E-state index contributed by atoms with van der Waals surface area (Å²) >= 11 is 0. The smallest absolute Gasteiger partial charge is 0.138 e. The zero-order valence-electron chi connectivity index (χ0n) is 21.7. The first-order chi connectivity index (χ1) is 19.2. The summed E-state index contributed by atoms with van der Waals surface area (Å²) in [6, 6.07) is 51.4. The molecule has 0 unspecified atom stereocenters. The van der Waals surface area contributed by atoms with Gasteiger partial charge in [0.05, 0.1) is 0 Å². The molecule has 1 heterocycles. The maximum Gasteiger partial charge on any atom is 0.138 e. The van der Waals surface area contributed by atoms with Gasteiger partial charge < -0.3 is 9.32 Å². The van der Waals surface area contributed by atoms with Crippen LogP contribution in [0, 0.1) is 6.92 Å². The summed E-state index contributed by atoms with van der Waals surface area (Å²) < 4.78 is 6.33. The van der Waals surface area contributed by atoms with Crippen molar-refractivity contribution < 1.29 is 4.42 Å². The minimum Gasteiger partial charge on any atom is -0.456 e. The molecule has 0 radical (unpaired) electrons. The third-order valence-corrected chi connectivity index (χ3v) is 7.43. The van der Waals surface area contributed by atoms with Crippen LogP contribution < -0.4 is 4.90 Å². The Morgan fingerprint density at radius 3 is 1.92 bits per heavy atom. The van der Waals surface area contributed by atoms with Crippen molar-refractivity contribution in [2.24, 2.45) is 0 Å². The fourth-order valence-corrected chi connectivity index (χ4v) is 5.43.